The number of benzene rings is 1. The van der Waals surface area contributed by atoms with Crippen molar-refractivity contribution in [3.05, 3.63) is 29.3 Å². The summed E-state index contributed by atoms with van der Waals surface area (Å²) < 4.78 is 32.9. The van der Waals surface area contributed by atoms with Crippen LogP contribution in [-0.2, 0) is 8.48 Å². The molecule has 1 aliphatic heterocycles. The number of rotatable bonds is 1. The van der Waals surface area contributed by atoms with Crippen LogP contribution in [0.3, 0.4) is 0 Å². The molecule has 0 atom stereocenters. The Kier molecular flexibility index (Phi) is 2.08. The van der Waals surface area contributed by atoms with Gasteiger partial charge in [0.15, 0.2) is 0 Å². The first-order chi connectivity index (χ1) is 6.91. The van der Waals surface area contributed by atoms with Crippen LogP contribution in [0.15, 0.2) is 18.2 Å². The molecule has 1 aromatic rings. The molecule has 0 saturated heterocycles. The molecule has 1 heterocycles. The van der Waals surface area contributed by atoms with Crippen LogP contribution in [-0.4, -0.2) is 34.3 Å². The molecule has 0 saturated carbocycles. The van der Waals surface area contributed by atoms with E-state index in [0.717, 1.165) is 6.07 Å². The van der Waals surface area contributed by atoms with Crippen molar-refractivity contribution < 1.29 is 26.3 Å². The van der Waals surface area contributed by atoms with Gasteiger partial charge in [0.2, 0.25) is 0 Å². The number of hydrogen-bond acceptors (Lipinski definition) is 4. The first kappa shape index (κ1) is 10.2. The normalized spacial score (nSPS) is 15.1. The van der Waals surface area contributed by atoms with Crippen molar-refractivity contribution in [2.45, 2.75) is 0 Å². The van der Waals surface area contributed by atoms with E-state index in [1.165, 1.54) is 12.1 Å². The number of esters is 2. The van der Waals surface area contributed by atoms with Crippen LogP contribution < -0.4 is 4.35 Å². The second-order valence-electron chi connectivity index (χ2n) is 2.92. The van der Waals surface area contributed by atoms with Crippen molar-refractivity contribution in [1.29, 1.82) is 0 Å². The van der Waals surface area contributed by atoms with Crippen molar-refractivity contribution in [2.75, 3.05) is 0 Å². The van der Waals surface area contributed by atoms with Gasteiger partial charge in [-0.3, -0.25) is 0 Å². The number of cyclic esters (lactones) is 2. The molecule has 0 unspecified atom stereocenters. The third-order valence-corrected chi connectivity index (χ3v) is 4.06. The Morgan fingerprint density at radius 2 is 1.80 bits per heavy atom. The minimum atomic E-state index is -5.21. The standard InChI is InChI=1S/C8H5AsO6/c10-7-4-2-1-3-5(9(12,13)14)6(4)8(11)15-7/h1-3H,(H2,12,13,14). The minimum absolute atomic E-state index is 0.0952. The Morgan fingerprint density at radius 1 is 1.13 bits per heavy atom. The van der Waals surface area contributed by atoms with Gasteiger partial charge in [0.1, 0.15) is 0 Å². The Labute approximate surface area is 86.5 Å². The number of ether oxygens (including phenoxy) is 1. The molecule has 7 heteroatoms. The molecule has 0 aromatic heterocycles. The van der Waals surface area contributed by atoms with Crippen molar-refractivity contribution in [2.24, 2.45) is 0 Å². The molecule has 0 fully saturated rings. The molecule has 78 valence electrons. The number of fused-ring (bicyclic) bond motifs is 1. The zero-order valence-electron chi connectivity index (χ0n) is 7.21. The second kappa shape index (κ2) is 3.06. The first-order valence-corrected chi connectivity index (χ1v) is 7.25. The van der Waals surface area contributed by atoms with E-state index in [0.29, 0.717) is 0 Å². The summed E-state index contributed by atoms with van der Waals surface area (Å²) >= 11 is -5.21. The van der Waals surface area contributed by atoms with Crippen LogP contribution in [0, 0.1) is 0 Å². The van der Waals surface area contributed by atoms with Gasteiger partial charge < -0.3 is 0 Å². The molecule has 1 aliphatic rings. The van der Waals surface area contributed by atoms with E-state index >= 15 is 0 Å². The summed E-state index contributed by atoms with van der Waals surface area (Å²) in [7, 11) is 0. The fourth-order valence-corrected chi connectivity index (χ4v) is 3.00. The molecule has 0 bridgehead atoms. The van der Waals surface area contributed by atoms with E-state index in [4.69, 9.17) is 8.19 Å². The molecular formula is C8H5AsO6. The predicted octanol–water partition coefficient (Wildman–Crippen LogP) is -1.44. The van der Waals surface area contributed by atoms with E-state index in [1.54, 1.807) is 0 Å². The molecule has 6 nitrogen and oxygen atoms in total. The summed E-state index contributed by atoms with van der Waals surface area (Å²) in [4.78, 5) is 22.2. The summed E-state index contributed by atoms with van der Waals surface area (Å²) in [5.41, 5.74) is -0.405. The van der Waals surface area contributed by atoms with Crippen LogP contribution in [0.25, 0.3) is 0 Å². The molecule has 1 aromatic carbocycles. The molecule has 0 spiro atoms. The number of hydrogen-bond donors (Lipinski definition) is 2. The van der Waals surface area contributed by atoms with E-state index in [9.17, 15) is 13.3 Å². The summed E-state index contributed by atoms with van der Waals surface area (Å²) in [5.74, 6) is -1.88. The van der Waals surface area contributed by atoms with E-state index in [2.05, 4.69) is 4.74 Å². The third kappa shape index (κ3) is 1.52. The maximum absolute atomic E-state index is 11.2. The van der Waals surface area contributed by atoms with Crippen LogP contribution in [0.2, 0.25) is 0 Å². The zero-order valence-corrected chi connectivity index (χ0v) is 9.08. The van der Waals surface area contributed by atoms with Crippen LogP contribution in [0.4, 0.5) is 0 Å². The molecule has 0 amide bonds. The van der Waals surface area contributed by atoms with Gasteiger partial charge >= 0.3 is 86.0 Å². The molecule has 2 N–H and O–H groups in total. The fourth-order valence-electron chi connectivity index (χ4n) is 1.36. The van der Waals surface area contributed by atoms with Crippen LogP contribution in [0.5, 0.6) is 0 Å². The Bertz CT molecular complexity index is 514. The molecule has 2 rings (SSSR count). The van der Waals surface area contributed by atoms with Crippen molar-refractivity contribution >= 4 is 30.5 Å². The summed E-state index contributed by atoms with van der Waals surface area (Å²) in [6, 6.07) is 3.71. The van der Waals surface area contributed by atoms with Gasteiger partial charge in [-0.25, -0.2) is 0 Å². The average Bonchev–Trinajstić information content (AvgIpc) is 2.41. The van der Waals surface area contributed by atoms with Gasteiger partial charge in [-0.2, -0.15) is 0 Å². The maximum atomic E-state index is 11.2. The van der Waals surface area contributed by atoms with Crippen LogP contribution >= 0.6 is 0 Å². The third-order valence-electron chi connectivity index (χ3n) is 1.97. The van der Waals surface area contributed by atoms with E-state index in [-0.39, 0.29) is 11.1 Å². The van der Waals surface area contributed by atoms with E-state index < -0.39 is 30.5 Å². The van der Waals surface area contributed by atoms with Crippen LogP contribution in [0.1, 0.15) is 20.7 Å². The Balaban J connectivity index is 2.77. The Morgan fingerprint density at radius 3 is 2.40 bits per heavy atom. The van der Waals surface area contributed by atoms with Gasteiger partial charge in [-0.05, 0) is 0 Å². The molecule has 0 radical (unpaired) electrons. The summed E-state index contributed by atoms with van der Waals surface area (Å²) in [6.45, 7) is 0. The predicted molar refractivity (Wildman–Crippen MR) is 46.7 cm³/mol. The quantitative estimate of drug-likeness (QED) is 0.369. The number of carbonyl (C=O) groups excluding carboxylic acids is 2. The molecule has 15 heavy (non-hydrogen) atoms. The SMILES string of the molecule is O=C1OC(=O)c2c1cccc2[As](=O)(O)O. The van der Waals surface area contributed by atoms with Crippen molar-refractivity contribution in [3.8, 4) is 0 Å². The van der Waals surface area contributed by atoms with Gasteiger partial charge in [0.25, 0.3) is 0 Å². The van der Waals surface area contributed by atoms with Gasteiger partial charge in [-0.15, -0.1) is 0 Å². The molecule has 0 aliphatic carbocycles. The van der Waals surface area contributed by atoms with Gasteiger partial charge in [0.05, 0.1) is 0 Å². The average molecular weight is 272 g/mol. The second-order valence-corrected chi connectivity index (χ2v) is 6.21. The topological polar surface area (TPSA) is 101 Å². The first-order valence-electron chi connectivity index (χ1n) is 3.87. The zero-order chi connectivity index (χ0) is 11.2. The van der Waals surface area contributed by atoms with Crippen molar-refractivity contribution in [1.82, 2.24) is 0 Å². The van der Waals surface area contributed by atoms with E-state index in [1.807, 2.05) is 0 Å². The summed E-state index contributed by atoms with van der Waals surface area (Å²) in [6.07, 6.45) is 0. The van der Waals surface area contributed by atoms with Gasteiger partial charge in [0, 0.05) is 0 Å². The van der Waals surface area contributed by atoms with Crippen molar-refractivity contribution in [3.63, 3.8) is 0 Å². The Hall–Kier alpha value is -1.36. The number of carbonyl (C=O) groups is 2. The van der Waals surface area contributed by atoms with Gasteiger partial charge in [-0.1, -0.05) is 0 Å². The fraction of sp³-hybridized carbons (Fsp3) is 0. The summed E-state index contributed by atoms with van der Waals surface area (Å²) in [5, 5.41) is 0. The monoisotopic (exact) mass is 272 g/mol. The molecular weight excluding hydrogens is 267 g/mol.